The van der Waals surface area contributed by atoms with Gasteiger partial charge in [0.05, 0.1) is 34.7 Å². The van der Waals surface area contributed by atoms with E-state index in [1.807, 2.05) is 19.9 Å². The first-order chi connectivity index (χ1) is 58.7. The van der Waals surface area contributed by atoms with Crippen LogP contribution in [0, 0.1) is 27.7 Å². The number of hydrogen-bond donors (Lipinski definition) is 12. The van der Waals surface area contributed by atoms with Gasteiger partial charge in [-0.2, -0.15) is 0 Å². The van der Waals surface area contributed by atoms with E-state index in [1.165, 1.54) is 58.0 Å². The smallest absolute Gasteiger partial charge is 0.404 e. The second-order valence-corrected chi connectivity index (χ2v) is 33.1. The molecule has 0 aliphatic carbocycles. The van der Waals surface area contributed by atoms with Gasteiger partial charge in [-0.15, -0.1) is 0 Å². The van der Waals surface area contributed by atoms with Crippen LogP contribution in [0.4, 0.5) is 17.6 Å². The second kappa shape index (κ2) is 34.2. The molecule has 20 atom stereocenters. The van der Waals surface area contributed by atoms with Crippen LogP contribution in [0.3, 0.4) is 0 Å². The maximum atomic E-state index is 15.8. The van der Waals surface area contributed by atoms with Crippen LogP contribution in [-0.2, 0) is 99.8 Å². The van der Waals surface area contributed by atoms with Crippen LogP contribution in [0.25, 0.3) is 0 Å². The third-order valence-corrected chi connectivity index (χ3v) is 23.3. The summed E-state index contributed by atoms with van der Waals surface area (Å²) >= 11 is 0. The number of H-pyrrole nitrogens is 4. The molecule has 648 valence electrons. The van der Waals surface area contributed by atoms with E-state index in [1.54, 1.807) is 66.7 Å². The van der Waals surface area contributed by atoms with Crippen LogP contribution in [0.5, 0.6) is 23.0 Å². The van der Waals surface area contributed by atoms with Gasteiger partial charge in [-0.25, -0.2) is 55.0 Å². The van der Waals surface area contributed by atoms with Gasteiger partial charge < -0.3 is 77.9 Å². The Hall–Kier alpha value is -9.36. The highest BCUT2D eigenvalue weighted by Gasteiger charge is 2.62. The first-order valence-corrected chi connectivity index (χ1v) is 40.6. The van der Waals surface area contributed by atoms with E-state index in [4.69, 9.17) is 76.9 Å². The van der Waals surface area contributed by atoms with E-state index >= 15 is 17.6 Å². The standard InChI is InChI=1S/4C17H18FN2O9P/c4*1-9-6-20(16(24)19-14(9)23)15-12(21)13(22)17(18,28-15)8-27-30(25)26-7-10-4-2-3-5-11(10)29-30/h4*2-6,12-13,15,21-22H,7-8H2,1H3,(H,19,23,24)/t4*12-,13+,15-,17-,30?/m1111/s1/i8D2,15D;15D;8D2;. The summed E-state index contributed by atoms with van der Waals surface area (Å²) in [5.41, 5.74) is -5.48. The van der Waals surface area contributed by atoms with E-state index in [2.05, 4.69) is 4.52 Å². The van der Waals surface area contributed by atoms with E-state index in [0.29, 0.717) is 31.4 Å². The number of rotatable bonds is 16. The van der Waals surface area contributed by atoms with Crippen molar-refractivity contribution in [2.24, 2.45) is 0 Å². The molecule has 0 amide bonds. The molecule has 0 saturated carbocycles. The van der Waals surface area contributed by atoms with Gasteiger partial charge in [-0.05, 0) is 52.0 Å². The van der Waals surface area contributed by atoms with Gasteiger partial charge in [0.15, 0.2) is 24.9 Å². The van der Waals surface area contributed by atoms with Crippen LogP contribution < -0.4 is 63.1 Å². The third kappa shape index (κ3) is 18.2. The minimum absolute atomic E-state index is 0.00221. The van der Waals surface area contributed by atoms with Crippen LogP contribution in [0.2, 0.25) is 0 Å². The number of phosphoric acid groups is 4. The van der Waals surface area contributed by atoms with Crippen LogP contribution in [-0.4, -0.2) is 178 Å². The maximum Gasteiger partial charge on any atom is 0.530 e. The van der Waals surface area contributed by atoms with Gasteiger partial charge >= 0.3 is 54.0 Å². The molecule has 4 aromatic heterocycles. The Kier molecular flexibility index (Phi) is 22.9. The molecule has 0 spiro atoms. The lowest BCUT2D eigenvalue weighted by Gasteiger charge is -2.28. The zero-order valence-corrected chi connectivity index (χ0v) is 65.2. The van der Waals surface area contributed by atoms with Crippen molar-refractivity contribution in [3.63, 3.8) is 0 Å². The number of nitrogens with one attached hydrogen (secondary N) is 4. The van der Waals surface area contributed by atoms with Crippen molar-refractivity contribution in [3.8, 4) is 23.0 Å². The van der Waals surface area contributed by atoms with Crippen molar-refractivity contribution < 1.29 is 158 Å². The molecule has 4 fully saturated rings. The lowest BCUT2D eigenvalue weighted by atomic mass is 10.1. The summed E-state index contributed by atoms with van der Waals surface area (Å²) in [6, 6.07) is 25.4. The number of aryl methyl sites for hydroxylation is 4. The molecule has 8 aliphatic rings. The summed E-state index contributed by atoms with van der Waals surface area (Å²) < 4.78 is 243. The monoisotopic (exact) mass is 1780 g/mol. The van der Waals surface area contributed by atoms with Gasteiger partial charge in [0, 0.05) is 69.3 Å². The first kappa shape index (κ1) is 80.4. The predicted molar refractivity (Wildman–Crippen MR) is 390 cm³/mol. The highest BCUT2D eigenvalue weighted by atomic mass is 31.2. The number of aliphatic hydroxyl groups is 8. The molecule has 4 aromatic carbocycles. The quantitative estimate of drug-likeness (QED) is 0.0486. The first-order valence-electron chi connectivity index (χ1n) is 37.7. The molecule has 4 saturated heterocycles. The Morgan fingerprint density at radius 3 is 0.958 bits per heavy atom. The number of halogens is 4. The number of aromatic amines is 4. The second-order valence-electron chi connectivity index (χ2n) is 26.9. The molecule has 8 aromatic rings. The normalized spacial score (nSPS) is 35.3. The van der Waals surface area contributed by atoms with E-state index in [0.717, 1.165) is 29.4 Å². The fourth-order valence-electron chi connectivity index (χ4n) is 11.8. The van der Waals surface area contributed by atoms with Gasteiger partial charge in [-0.3, -0.25) is 93.6 Å². The zero-order chi connectivity index (χ0) is 92.2. The molecule has 52 heteroatoms. The fraction of sp³-hybridized carbons (Fsp3) is 0.412. The van der Waals surface area contributed by atoms with Crippen molar-refractivity contribution >= 4 is 31.3 Å². The highest BCUT2D eigenvalue weighted by molar-refractivity contribution is 7.49. The number of benzene rings is 4. The molecule has 12 heterocycles. The van der Waals surface area contributed by atoms with Gasteiger partial charge in [0.25, 0.3) is 45.7 Å². The summed E-state index contributed by atoms with van der Waals surface area (Å²) in [5, 5.41) is 82.0. The Morgan fingerprint density at radius 2 is 0.625 bits per heavy atom. The molecule has 12 N–H and O–H groups in total. The Balaban J connectivity index is 0.000000144. The van der Waals surface area contributed by atoms with Crippen molar-refractivity contribution in [1.82, 2.24) is 38.2 Å². The van der Waals surface area contributed by atoms with Crippen molar-refractivity contribution in [2.75, 3.05) is 26.3 Å². The molecule has 4 unspecified atom stereocenters. The average Bonchev–Trinajstić information content (AvgIpc) is 1.57. The van der Waals surface area contributed by atoms with Crippen molar-refractivity contribution in [1.29, 1.82) is 0 Å². The number of nitrogens with zero attached hydrogens (tertiary/aromatic N) is 4. The highest BCUT2D eigenvalue weighted by Crippen LogP contribution is 2.60. The Bertz CT molecular complexity index is 6300. The number of fused-ring (bicyclic) bond motifs is 4. The van der Waals surface area contributed by atoms with Crippen LogP contribution in [0.15, 0.2) is 160 Å². The minimum Gasteiger partial charge on any atom is -0.404 e. The third-order valence-electron chi connectivity index (χ3n) is 18.3. The number of aliphatic hydroxyl groups excluding tert-OH is 8. The molecule has 8 aliphatic heterocycles. The number of hydrogen-bond acceptors (Lipinski definition) is 36. The topological polar surface area (TPSA) is 597 Å². The predicted octanol–water partition coefficient (Wildman–Crippen LogP) is 1.98. The summed E-state index contributed by atoms with van der Waals surface area (Å²) in [6.07, 6.45) is -24.8. The van der Waals surface area contributed by atoms with Crippen molar-refractivity contribution in [3.05, 3.63) is 250 Å². The SMILES string of the molecule is Cc1cn([C@@H]2O[C@](F)(COP3(=O)OCc4ccccc4O3)[C@@H](O)[C@H]2O)c(=O)[nH]c1=O.[2H]C([2H])(OP1(=O)OCc2ccccc2O1)[C@@]1(F)O[C@@H](n2cc(C)c(=O)[nH]c2=O)[C@H](O)[C@@H]1O.[2H]C([2H])(OP1(=O)OCc2ccccc2O1)[C@@]1(F)O[C@@]([2H])(n2cc(C)c(=O)[nH]c2=O)[C@H](O)[C@@H]1O.[2H][C@@]1(n2cc(C)c(=O)[nH]c2=O)O[C@](F)(COP2(=O)OCc3ccccc3O2)[C@@H](O)[C@H]1O. The fourth-order valence-corrected chi connectivity index (χ4v) is 16.4. The Labute approximate surface area is 675 Å². The van der Waals surface area contributed by atoms with Gasteiger partial charge in [-0.1, -0.05) is 72.8 Å². The summed E-state index contributed by atoms with van der Waals surface area (Å²) in [5.74, 6) is -13.7. The number of alkyl halides is 4. The van der Waals surface area contributed by atoms with Gasteiger partial charge in [0.1, 0.15) is 98.2 Å². The van der Waals surface area contributed by atoms with Crippen LogP contribution in [0.1, 0.15) is 77.6 Å². The molecule has 44 nitrogen and oxygen atoms in total. The van der Waals surface area contributed by atoms with Crippen LogP contribution >= 0.6 is 31.3 Å². The number of para-hydroxylation sites is 4. The lowest BCUT2D eigenvalue weighted by Crippen LogP contribution is -2.43. The molecule has 16 rings (SSSR count). The Morgan fingerprint density at radius 1 is 0.383 bits per heavy atom. The van der Waals surface area contributed by atoms with E-state index < -0.39 is 200 Å². The minimum atomic E-state index is -4.81. The van der Waals surface area contributed by atoms with E-state index in [-0.39, 0.29) is 76.2 Å². The maximum absolute atomic E-state index is 15.8. The zero-order valence-electron chi connectivity index (χ0n) is 67.7. The molecular formula is C68H72F4N8O36P4. The number of aromatic nitrogens is 8. The molecule has 0 bridgehead atoms. The lowest BCUT2D eigenvalue weighted by molar-refractivity contribution is -0.205. The summed E-state index contributed by atoms with van der Waals surface area (Å²) in [4.78, 5) is 102. The van der Waals surface area contributed by atoms with Gasteiger partial charge in [0.2, 0.25) is 0 Å². The summed E-state index contributed by atoms with van der Waals surface area (Å²) in [6.45, 7) is -5.53. The molecule has 0 radical (unpaired) electrons. The number of phosphoric ester groups is 4. The van der Waals surface area contributed by atoms with Crippen molar-refractivity contribution in [2.45, 2.75) is 151 Å². The van der Waals surface area contributed by atoms with E-state index in [9.17, 15) is 97.5 Å². The summed E-state index contributed by atoms with van der Waals surface area (Å²) in [7, 11) is -18.1. The largest absolute Gasteiger partial charge is 0.530 e. The molecular weight excluding hydrogens is 1700 g/mol. The molecule has 120 heavy (non-hydrogen) atoms. The number of ether oxygens (including phenoxy) is 4. The average molecular weight is 1780 g/mol.